The highest BCUT2D eigenvalue weighted by atomic mass is 16.2. The minimum Gasteiger partial charge on any atom is -0.398 e. The highest BCUT2D eigenvalue weighted by Gasteiger charge is 2.08. The average molecular weight is 517 g/mol. The van der Waals surface area contributed by atoms with Gasteiger partial charge in [-0.05, 0) is 80.6 Å². The van der Waals surface area contributed by atoms with E-state index in [0.717, 1.165) is 44.1 Å². The van der Waals surface area contributed by atoms with Crippen molar-refractivity contribution in [2.75, 3.05) is 27.8 Å². The smallest absolute Gasteiger partial charge is 0.323 e. The van der Waals surface area contributed by atoms with Gasteiger partial charge in [-0.25, -0.2) is 9.78 Å². The first-order valence-corrected chi connectivity index (χ1v) is 12.3. The molecule has 8 N–H and O–H groups in total. The summed E-state index contributed by atoms with van der Waals surface area (Å²) in [5, 5.41) is 8.35. The molecule has 2 amide bonds. The van der Waals surface area contributed by atoms with Gasteiger partial charge in [0.25, 0.3) is 0 Å². The number of benzene rings is 3. The first-order valence-electron chi connectivity index (χ1n) is 12.3. The molecule has 3 aromatic heterocycles. The van der Waals surface area contributed by atoms with Crippen molar-refractivity contribution < 1.29 is 4.79 Å². The number of carbonyl (C=O) groups excluding carboxylic acids is 1. The van der Waals surface area contributed by atoms with E-state index < -0.39 is 0 Å². The Labute approximate surface area is 225 Å². The number of rotatable bonds is 2. The average Bonchev–Trinajstić information content (AvgIpc) is 2.89. The topological polar surface area (TPSA) is 158 Å². The first-order chi connectivity index (χ1) is 18.7. The summed E-state index contributed by atoms with van der Waals surface area (Å²) in [6.07, 6.45) is 0. The molecule has 9 heteroatoms. The number of aromatic nitrogens is 3. The molecule has 6 rings (SSSR count). The minimum absolute atomic E-state index is 0.365. The zero-order valence-electron chi connectivity index (χ0n) is 21.6. The number of anilines is 5. The van der Waals surface area contributed by atoms with Crippen molar-refractivity contribution in [2.45, 2.75) is 13.8 Å². The Morgan fingerprint density at radius 1 is 0.615 bits per heavy atom. The molecule has 0 saturated carbocycles. The van der Waals surface area contributed by atoms with Gasteiger partial charge in [0.2, 0.25) is 0 Å². The molecule has 0 aliphatic carbocycles. The van der Waals surface area contributed by atoms with E-state index in [1.54, 1.807) is 24.3 Å². The number of para-hydroxylation sites is 1. The Balaban J connectivity index is 0.000000233. The molecule has 0 spiro atoms. The number of hydrogen-bond donors (Lipinski definition) is 5. The Morgan fingerprint density at radius 2 is 1.15 bits per heavy atom. The molecule has 0 atom stereocenters. The predicted molar refractivity (Wildman–Crippen MR) is 161 cm³/mol. The van der Waals surface area contributed by atoms with Crippen LogP contribution in [0.5, 0.6) is 0 Å². The molecule has 0 unspecified atom stereocenters. The van der Waals surface area contributed by atoms with E-state index in [1.807, 2.05) is 74.5 Å². The highest BCUT2D eigenvalue weighted by Crippen LogP contribution is 2.26. The normalized spacial score (nSPS) is 10.7. The third-order valence-corrected chi connectivity index (χ3v) is 6.07. The first kappa shape index (κ1) is 25.2. The van der Waals surface area contributed by atoms with Crippen molar-refractivity contribution in [1.82, 2.24) is 15.0 Å². The van der Waals surface area contributed by atoms with Crippen LogP contribution in [-0.4, -0.2) is 21.0 Å². The molecule has 0 aliphatic rings. The van der Waals surface area contributed by atoms with Crippen LogP contribution in [0.4, 0.5) is 33.4 Å². The van der Waals surface area contributed by atoms with Crippen molar-refractivity contribution in [3.05, 3.63) is 96.3 Å². The van der Waals surface area contributed by atoms with Crippen molar-refractivity contribution in [1.29, 1.82) is 0 Å². The summed E-state index contributed by atoms with van der Waals surface area (Å²) >= 11 is 0. The second kappa shape index (κ2) is 10.5. The molecule has 0 saturated heterocycles. The van der Waals surface area contributed by atoms with Gasteiger partial charge in [-0.3, -0.25) is 9.97 Å². The maximum Gasteiger partial charge on any atom is 0.323 e. The molecule has 0 bridgehead atoms. The molecule has 0 fully saturated rings. The monoisotopic (exact) mass is 516 g/mol. The van der Waals surface area contributed by atoms with Crippen LogP contribution in [-0.2, 0) is 0 Å². The zero-order valence-corrected chi connectivity index (χ0v) is 21.6. The lowest BCUT2D eigenvalue weighted by Gasteiger charge is -2.11. The van der Waals surface area contributed by atoms with Crippen molar-refractivity contribution in [2.24, 2.45) is 0 Å². The van der Waals surface area contributed by atoms with E-state index in [4.69, 9.17) is 17.2 Å². The van der Waals surface area contributed by atoms with Crippen molar-refractivity contribution in [3.8, 4) is 0 Å². The fourth-order valence-corrected chi connectivity index (χ4v) is 4.31. The van der Waals surface area contributed by atoms with Crippen molar-refractivity contribution >= 4 is 67.3 Å². The second-order valence-corrected chi connectivity index (χ2v) is 9.18. The van der Waals surface area contributed by atoms with Crippen molar-refractivity contribution in [3.63, 3.8) is 0 Å². The molecule has 3 aromatic carbocycles. The lowest BCUT2D eigenvalue weighted by molar-refractivity contribution is 0.262. The molecular weight excluding hydrogens is 488 g/mol. The van der Waals surface area contributed by atoms with E-state index in [2.05, 4.69) is 25.6 Å². The van der Waals surface area contributed by atoms with Gasteiger partial charge < -0.3 is 27.8 Å². The quantitative estimate of drug-likeness (QED) is 0.188. The molecule has 39 heavy (non-hydrogen) atoms. The number of urea groups is 1. The number of nitrogens with one attached hydrogen (secondary N) is 2. The molecule has 0 aliphatic heterocycles. The van der Waals surface area contributed by atoms with E-state index in [1.165, 1.54) is 0 Å². The number of amides is 2. The van der Waals surface area contributed by atoms with Gasteiger partial charge in [-0.2, -0.15) is 0 Å². The number of carbonyl (C=O) groups is 1. The Bertz CT molecular complexity index is 1760. The molecule has 9 nitrogen and oxygen atoms in total. The molecule has 3 heterocycles. The predicted octanol–water partition coefficient (Wildman–Crippen LogP) is 6.03. The number of aryl methyl sites for hydroxylation is 2. The van der Waals surface area contributed by atoms with Gasteiger partial charge in [0.1, 0.15) is 5.82 Å². The second-order valence-electron chi connectivity index (χ2n) is 9.18. The zero-order chi connectivity index (χ0) is 27.5. The number of nitrogens with zero attached hydrogens (tertiary/aromatic N) is 3. The molecule has 6 aromatic rings. The van der Waals surface area contributed by atoms with Crippen LogP contribution in [0, 0.1) is 13.8 Å². The minimum atomic E-state index is -0.365. The number of nitrogens with two attached hydrogens (primary N) is 3. The maximum absolute atomic E-state index is 12.4. The number of nitrogen functional groups attached to an aromatic ring is 3. The summed E-state index contributed by atoms with van der Waals surface area (Å²) in [5.74, 6) is 0.573. The van der Waals surface area contributed by atoms with Crippen LogP contribution in [0.2, 0.25) is 0 Å². The van der Waals surface area contributed by atoms with Gasteiger partial charge in [0.05, 0.1) is 16.6 Å². The summed E-state index contributed by atoms with van der Waals surface area (Å²) in [5.41, 5.74) is 24.4. The van der Waals surface area contributed by atoms with E-state index in [9.17, 15) is 4.79 Å². The van der Waals surface area contributed by atoms with Gasteiger partial charge in [-0.15, -0.1) is 0 Å². The lowest BCUT2D eigenvalue weighted by Crippen LogP contribution is -2.19. The molecule has 194 valence electrons. The van der Waals surface area contributed by atoms with Crippen LogP contribution in [0.25, 0.3) is 32.7 Å². The number of hydrogen-bond acceptors (Lipinski definition) is 7. The maximum atomic E-state index is 12.4. The van der Waals surface area contributed by atoms with E-state index in [0.29, 0.717) is 28.6 Å². The molecular formula is C30H28N8O. The van der Waals surface area contributed by atoms with Crippen LogP contribution in [0.15, 0.2) is 84.9 Å². The summed E-state index contributed by atoms with van der Waals surface area (Å²) in [4.78, 5) is 25.5. The van der Waals surface area contributed by atoms with E-state index in [-0.39, 0.29) is 6.03 Å². The summed E-state index contributed by atoms with van der Waals surface area (Å²) in [6.45, 7) is 3.78. The van der Waals surface area contributed by atoms with Gasteiger partial charge in [0.15, 0.2) is 0 Å². The third kappa shape index (κ3) is 5.78. The summed E-state index contributed by atoms with van der Waals surface area (Å²) in [7, 11) is 0. The summed E-state index contributed by atoms with van der Waals surface area (Å²) in [6, 6.07) is 25.8. The van der Waals surface area contributed by atoms with Crippen LogP contribution < -0.4 is 27.8 Å². The van der Waals surface area contributed by atoms with Gasteiger partial charge >= 0.3 is 6.03 Å². The van der Waals surface area contributed by atoms with Crippen LogP contribution >= 0.6 is 0 Å². The largest absolute Gasteiger partial charge is 0.398 e. The fraction of sp³-hybridized carbons (Fsp3) is 0.0667. The third-order valence-electron chi connectivity index (χ3n) is 6.07. The highest BCUT2D eigenvalue weighted by molar-refractivity contribution is 6.03. The molecule has 0 radical (unpaired) electrons. The number of fused-ring (bicyclic) bond motifs is 3. The number of pyridine rings is 3. The van der Waals surface area contributed by atoms with E-state index >= 15 is 0 Å². The van der Waals surface area contributed by atoms with Gasteiger partial charge in [-0.1, -0.05) is 18.2 Å². The van der Waals surface area contributed by atoms with Gasteiger partial charge in [0, 0.05) is 50.3 Å². The SMILES string of the molecule is Cc1cc(N)c2cc(NC(=O)Nc3ccc4nc(C)cc(N)c4c3)ccc2n1.Nc1ccc2ccccc2n1. The lowest BCUT2D eigenvalue weighted by atomic mass is 10.1. The van der Waals surface area contributed by atoms with Crippen LogP contribution in [0.3, 0.4) is 0 Å². The Kier molecular flexibility index (Phi) is 6.79. The van der Waals surface area contributed by atoms with Crippen LogP contribution in [0.1, 0.15) is 11.4 Å². The standard InChI is InChI=1S/C21H20N6O.C9H8N2/c1-11-7-17(22)15-9-13(3-5-19(15)24-11)26-21(28)27-14-4-6-20-16(10-14)18(23)8-12(2)25-20;10-9-6-5-7-3-1-2-4-8(7)11-9/h3-10H,1-2H3,(H2,22,24)(H2,23,25)(H2,26,27,28);1-6H,(H2,10,11). The Hall–Kier alpha value is -5.44. The fourth-order valence-electron chi connectivity index (χ4n) is 4.31. The summed E-state index contributed by atoms with van der Waals surface area (Å²) < 4.78 is 0. The Morgan fingerprint density at radius 3 is 1.72 bits per heavy atom.